The summed E-state index contributed by atoms with van der Waals surface area (Å²) in [6.07, 6.45) is 1.61. The number of ketones is 2. The lowest BCUT2D eigenvalue weighted by Gasteiger charge is -2.08. The first kappa shape index (κ1) is 15.6. The van der Waals surface area contributed by atoms with Gasteiger partial charge in [-0.1, -0.05) is 12.1 Å². The molecule has 0 spiro atoms. The van der Waals surface area contributed by atoms with Crippen LogP contribution in [0.25, 0.3) is 0 Å². The second-order valence-electron chi connectivity index (χ2n) is 4.79. The van der Waals surface area contributed by atoms with Gasteiger partial charge in [-0.25, -0.2) is 9.18 Å². The number of hydrogen-bond acceptors (Lipinski definition) is 3. The predicted molar refractivity (Wildman–Crippen MR) is 76.1 cm³/mol. The Hall–Kier alpha value is -2.76. The summed E-state index contributed by atoms with van der Waals surface area (Å²) in [6.45, 7) is 0.473. The number of nitrogens with zero attached hydrogens (tertiary/aromatic N) is 1. The highest BCUT2D eigenvalue weighted by Gasteiger charge is 2.19. The molecule has 0 atom stereocenters. The third-order valence-corrected chi connectivity index (χ3v) is 3.23. The number of hydrogen-bond donors (Lipinski definition) is 1. The van der Waals surface area contributed by atoms with Crippen LogP contribution >= 0.6 is 0 Å². The molecule has 2 rings (SSSR count). The summed E-state index contributed by atoms with van der Waals surface area (Å²) in [5.41, 5.74) is 1.20. The van der Waals surface area contributed by atoms with E-state index >= 15 is 0 Å². The smallest absolute Gasteiger partial charge is 0.372 e. The summed E-state index contributed by atoms with van der Waals surface area (Å²) in [4.78, 5) is 33.5. The summed E-state index contributed by atoms with van der Waals surface area (Å²) in [5.74, 6) is -3.58. The van der Waals surface area contributed by atoms with E-state index < -0.39 is 24.0 Å². The number of carbonyl (C=O) groups is 3. The molecular weight excluding hydrogens is 289 g/mol. The van der Waals surface area contributed by atoms with Crippen LogP contribution in [0.3, 0.4) is 0 Å². The first-order valence-corrected chi connectivity index (χ1v) is 6.66. The first-order valence-electron chi connectivity index (χ1n) is 6.66. The zero-order valence-electron chi connectivity index (χ0n) is 11.7. The largest absolute Gasteiger partial charge is 0.475 e. The average Bonchev–Trinajstić information content (AvgIpc) is 2.95. The zero-order chi connectivity index (χ0) is 16.1. The number of carboxylic acids is 1. The molecule has 1 aromatic carbocycles. The summed E-state index contributed by atoms with van der Waals surface area (Å²) < 4.78 is 14.5. The molecule has 2 aromatic rings. The molecule has 114 valence electrons. The lowest BCUT2D eigenvalue weighted by atomic mass is 10.1. The molecule has 5 nitrogen and oxygen atoms in total. The van der Waals surface area contributed by atoms with Gasteiger partial charge in [-0.15, -0.1) is 0 Å². The monoisotopic (exact) mass is 303 g/mol. The Morgan fingerprint density at radius 3 is 2.41 bits per heavy atom. The maximum Gasteiger partial charge on any atom is 0.372 e. The molecule has 0 aliphatic carbocycles. The Bertz CT molecular complexity index is 703. The molecule has 0 fully saturated rings. The molecule has 0 saturated carbocycles. The van der Waals surface area contributed by atoms with E-state index in [2.05, 4.69) is 0 Å². The molecule has 0 aliphatic rings. The summed E-state index contributed by atoms with van der Waals surface area (Å²) in [5, 5.41) is 8.53. The van der Waals surface area contributed by atoms with Gasteiger partial charge >= 0.3 is 5.97 Å². The quantitative estimate of drug-likeness (QED) is 0.483. The van der Waals surface area contributed by atoms with Crippen LogP contribution in [0.5, 0.6) is 0 Å². The molecule has 0 aliphatic heterocycles. The van der Waals surface area contributed by atoms with Crippen LogP contribution in [0.1, 0.15) is 22.5 Å². The van der Waals surface area contributed by atoms with Crippen molar-refractivity contribution in [3.05, 3.63) is 59.7 Å². The maximum absolute atomic E-state index is 12.8. The van der Waals surface area contributed by atoms with E-state index in [0.717, 1.165) is 5.56 Å². The van der Waals surface area contributed by atoms with Gasteiger partial charge in [0.05, 0.1) is 12.1 Å². The van der Waals surface area contributed by atoms with Gasteiger partial charge in [-0.05, 0) is 36.2 Å². The van der Waals surface area contributed by atoms with Crippen molar-refractivity contribution in [1.82, 2.24) is 4.57 Å². The van der Waals surface area contributed by atoms with Crippen molar-refractivity contribution in [3.63, 3.8) is 0 Å². The van der Waals surface area contributed by atoms with Crippen LogP contribution in [-0.4, -0.2) is 27.2 Å². The van der Waals surface area contributed by atoms with Gasteiger partial charge in [-0.3, -0.25) is 9.59 Å². The van der Waals surface area contributed by atoms with Crippen molar-refractivity contribution in [1.29, 1.82) is 0 Å². The lowest BCUT2D eigenvalue weighted by molar-refractivity contribution is -0.148. The van der Waals surface area contributed by atoms with Crippen molar-refractivity contribution >= 4 is 17.5 Å². The maximum atomic E-state index is 12.8. The van der Waals surface area contributed by atoms with Crippen LogP contribution < -0.4 is 0 Å². The fraction of sp³-hybridized carbons (Fsp3) is 0.188. The lowest BCUT2D eigenvalue weighted by Crippen LogP contribution is -2.19. The fourth-order valence-corrected chi connectivity index (χ4v) is 2.07. The molecule has 0 radical (unpaired) electrons. The van der Waals surface area contributed by atoms with Crippen molar-refractivity contribution < 1.29 is 23.9 Å². The molecule has 22 heavy (non-hydrogen) atoms. The molecule has 0 unspecified atom stereocenters. The van der Waals surface area contributed by atoms with E-state index in [0.29, 0.717) is 13.0 Å². The highest BCUT2D eigenvalue weighted by Crippen LogP contribution is 2.10. The van der Waals surface area contributed by atoms with E-state index in [9.17, 15) is 18.8 Å². The van der Waals surface area contributed by atoms with E-state index in [4.69, 9.17) is 5.11 Å². The van der Waals surface area contributed by atoms with Crippen LogP contribution in [-0.2, 0) is 22.6 Å². The van der Waals surface area contributed by atoms with Crippen LogP contribution in [0.2, 0.25) is 0 Å². The normalized spacial score (nSPS) is 10.4. The summed E-state index contributed by atoms with van der Waals surface area (Å²) in [6, 6.07) is 9.25. The Kier molecular flexibility index (Phi) is 4.83. The predicted octanol–water partition coefficient (Wildman–Crippen LogP) is 2.10. The van der Waals surface area contributed by atoms with E-state index in [1.165, 1.54) is 12.1 Å². The number of Topliss-reactive ketones (excluding diaryl/α,β-unsaturated/α-hetero) is 2. The van der Waals surface area contributed by atoms with Crippen LogP contribution in [0.15, 0.2) is 42.6 Å². The topological polar surface area (TPSA) is 76.4 Å². The Balaban J connectivity index is 2.03. The number of carboxylic acid groups (broad SMARTS) is 1. The van der Waals surface area contributed by atoms with Crippen molar-refractivity contribution in [2.24, 2.45) is 0 Å². The van der Waals surface area contributed by atoms with Crippen LogP contribution in [0, 0.1) is 5.82 Å². The first-order chi connectivity index (χ1) is 10.5. The van der Waals surface area contributed by atoms with Gasteiger partial charge in [-0.2, -0.15) is 0 Å². The Morgan fingerprint density at radius 2 is 1.77 bits per heavy atom. The third-order valence-electron chi connectivity index (χ3n) is 3.23. The molecular formula is C16H14FNO4. The number of rotatable bonds is 7. The molecule has 0 amide bonds. The van der Waals surface area contributed by atoms with E-state index in [-0.39, 0.29) is 11.5 Å². The SMILES string of the molecule is O=C(O)C(=O)CC(=O)c1cccn1CCc1ccc(F)cc1. The van der Waals surface area contributed by atoms with E-state index in [1.54, 1.807) is 35.0 Å². The summed E-state index contributed by atoms with van der Waals surface area (Å²) >= 11 is 0. The third kappa shape index (κ3) is 3.88. The molecule has 1 aromatic heterocycles. The van der Waals surface area contributed by atoms with Crippen LogP contribution in [0.4, 0.5) is 4.39 Å². The minimum atomic E-state index is -1.61. The second-order valence-corrected chi connectivity index (χ2v) is 4.79. The number of aromatic nitrogens is 1. The number of carbonyl (C=O) groups excluding carboxylic acids is 2. The minimum absolute atomic E-state index is 0.289. The van der Waals surface area contributed by atoms with Crippen molar-refractivity contribution in [3.8, 4) is 0 Å². The number of aliphatic carboxylic acids is 1. The zero-order valence-corrected chi connectivity index (χ0v) is 11.7. The molecule has 1 heterocycles. The molecule has 6 heteroatoms. The average molecular weight is 303 g/mol. The van der Waals surface area contributed by atoms with Crippen molar-refractivity contribution in [2.45, 2.75) is 19.4 Å². The standard InChI is InChI=1S/C16H14FNO4/c17-12-5-3-11(4-6-12)7-9-18-8-1-2-13(18)14(19)10-15(20)16(21)22/h1-6,8H,7,9-10H2,(H,21,22). The molecule has 1 N–H and O–H groups in total. The highest BCUT2D eigenvalue weighted by atomic mass is 19.1. The number of benzene rings is 1. The Morgan fingerprint density at radius 1 is 1.09 bits per heavy atom. The Labute approximate surface area is 126 Å². The van der Waals surface area contributed by atoms with Gasteiger partial charge in [0.1, 0.15) is 5.82 Å². The molecule has 0 saturated heterocycles. The minimum Gasteiger partial charge on any atom is -0.475 e. The number of halogens is 1. The van der Waals surface area contributed by atoms with Crippen molar-refractivity contribution in [2.75, 3.05) is 0 Å². The van der Waals surface area contributed by atoms with Gasteiger partial charge in [0, 0.05) is 12.7 Å². The number of aryl methyl sites for hydroxylation is 2. The van der Waals surface area contributed by atoms with Gasteiger partial charge in [0.15, 0.2) is 5.78 Å². The highest BCUT2D eigenvalue weighted by molar-refractivity contribution is 6.37. The molecule has 0 bridgehead atoms. The van der Waals surface area contributed by atoms with Gasteiger partial charge in [0.25, 0.3) is 0 Å². The summed E-state index contributed by atoms with van der Waals surface area (Å²) in [7, 11) is 0. The fourth-order valence-electron chi connectivity index (χ4n) is 2.07. The second kappa shape index (κ2) is 6.80. The van der Waals surface area contributed by atoms with E-state index in [1.807, 2.05) is 0 Å². The van der Waals surface area contributed by atoms with Gasteiger partial charge < -0.3 is 9.67 Å². The van der Waals surface area contributed by atoms with Gasteiger partial charge in [0.2, 0.25) is 5.78 Å².